The van der Waals surface area contributed by atoms with E-state index in [9.17, 15) is 9.59 Å². The monoisotopic (exact) mass is 377 g/mol. The van der Waals surface area contributed by atoms with E-state index in [1.54, 1.807) is 17.0 Å². The maximum Gasteiger partial charge on any atom is 0.306 e. The molecule has 1 aliphatic heterocycles. The van der Waals surface area contributed by atoms with Crippen LogP contribution in [0.2, 0.25) is 0 Å². The largest absolute Gasteiger partial charge is 0.481 e. The van der Waals surface area contributed by atoms with Crippen LogP contribution >= 0.6 is 15.9 Å². The zero-order valence-electron chi connectivity index (χ0n) is 12.4. The normalized spacial score (nSPS) is 15.6. The van der Waals surface area contributed by atoms with Crippen molar-refractivity contribution in [1.29, 1.82) is 0 Å². The molecule has 1 fully saturated rings. The van der Waals surface area contributed by atoms with E-state index in [0.29, 0.717) is 31.7 Å². The number of halogens is 1. The molecule has 0 radical (unpaired) electrons. The Labute approximate surface area is 141 Å². The second-order valence-electron chi connectivity index (χ2n) is 5.51. The molecule has 0 spiro atoms. The smallest absolute Gasteiger partial charge is 0.306 e. The lowest BCUT2D eigenvalue weighted by molar-refractivity contribution is -0.142. The Hall–Kier alpha value is -2.15. The highest BCUT2D eigenvalue weighted by Crippen LogP contribution is 2.20. The van der Waals surface area contributed by atoms with Crippen LogP contribution in [0.1, 0.15) is 12.8 Å². The van der Waals surface area contributed by atoms with Gasteiger partial charge in [-0.3, -0.25) is 14.2 Å². The van der Waals surface area contributed by atoms with Crippen LogP contribution in [0.5, 0.6) is 0 Å². The molecule has 1 aliphatic rings. The molecule has 0 amide bonds. The minimum atomic E-state index is -0.766. The van der Waals surface area contributed by atoms with Gasteiger partial charge in [-0.05, 0) is 31.0 Å². The predicted octanol–water partition coefficient (Wildman–Crippen LogP) is 2.30. The first-order chi connectivity index (χ1) is 11.1. The molecular weight excluding hydrogens is 362 g/mol. The van der Waals surface area contributed by atoms with Crippen LogP contribution in [0.25, 0.3) is 5.69 Å². The topological polar surface area (TPSA) is 75.4 Å². The summed E-state index contributed by atoms with van der Waals surface area (Å²) in [5.41, 5.74) is 0.563. The lowest BCUT2D eigenvalue weighted by Crippen LogP contribution is -2.40. The number of carbonyl (C=O) groups is 1. The van der Waals surface area contributed by atoms with E-state index in [0.717, 1.165) is 10.2 Å². The average Bonchev–Trinajstić information content (AvgIpc) is 2.55. The van der Waals surface area contributed by atoms with Crippen molar-refractivity contribution in [3.63, 3.8) is 0 Å². The fourth-order valence-electron chi connectivity index (χ4n) is 2.79. The summed E-state index contributed by atoms with van der Waals surface area (Å²) in [5.74, 6) is -0.726. The number of hydrogen-bond donors (Lipinski definition) is 1. The maximum atomic E-state index is 12.7. The number of nitrogens with zero attached hydrogens (tertiary/aromatic N) is 3. The summed E-state index contributed by atoms with van der Waals surface area (Å²) in [4.78, 5) is 29.8. The summed E-state index contributed by atoms with van der Waals surface area (Å²) < 4.78 is 2.44. The second kappa shape index (κ2) is 6.54. The van der Waals surface area contributed by atoms with Gasteiger partial charge in [-0.15, -0.1) is 0 Å². The lowest BCUT2D eigenvalue weighted by atomic mass is 9.97. The Balaban J connectivity index is 1.89. The molecule has 120 valence electrons. The Bertz CT molecular complexity index is 782. The summed E-state index contributed by atoms with van der Waals surface area (Å²) in [6, 6.07) is 7.48. The van der Waals surface area contributed by atoms with Crippen molar-refractivity contribution in [2.45, 2.75) is 12.8 Å². The number of benzene rings is 1. The first-order valence-electron chi connectivity index (χ1n) is 7.37. The molecule has 3 rings (SSSR count). The highest BCUT2D eigenvalue weighted by molar-refractivity contribution is 9.10. The van der Waals surface area contributed by atoms with Crippen LogP contribution in [0.3, 0.4) is 0 Å². The van der Waals surface area contributed by atoms with Crippen molar-refractivity contribution in [3.8, 4) is 5.69 Å². The number of hydrogen-bond acceptors (Lipinski definition) is 4. The molecule has 1 aromatic heterocycles. The zero-order chi connectivity index (χ0) is 16.4. The van der Waals surface area contributed by atoms with E-state index >= 15 is 0 Å². The second-order valence-corrected chi connectivity index (χ2v) is 6.42. The van der Waals surface area contributed by atoms with Gasteiger partial charge in [0.25, 0.3) is 5.56 Å². The molecule has 1 N–H and O–H groups in total. The first kappa shape index (κ1) is 15.7. The minimum absolute atomic E-state index is 0.195. The highest BCUT2D eigenvalue weighted by atomic mass is 79.9. The van der Waals surface area contributed by atoms with Gasteiger partial charge in [-0.25, -0.2) is 4.98 Å². The predicted molar refractivity (Wildman–Crippen MR) is 90.1 cm³/mol. The molecule has 23 heavy (non-hydrogen) atoms. The Morgan fingerprint density at radius 2 is 2.04 bits per heavy atom. The standard InChI is InChI=1S/C16H16BrN3O3/c17-12-2-1-3-13(10-12)20-9-6-18-14(15(20)21)19-7-4-11(5-8-19)16(22)23/h1-3,6,9-11H,4-5,7-8H2,(H,22,23). The molecule has 0 saturated carbocycles. The molecule has 1 saturated heterocycles. The number of anilines is 1. The minimum Gasteiger partial charge on any atom is -0.481 e. The SMILES string of the molecule is O=C(O)C1CCN(c2nccn(-c3cccc(Br)c3)c2=O)CC1. The average molecular weight is 378 g/mol. The number of piperidine rings is 1. The van der Waals surface area contributed by atoms with Crippen molar-refractivity contribution >= 4 is 27.7 Å². The summed E-state index contributed by atoms with van der Waals surface area (Å²) in [5, 5.41) is 9.06. The van der Waals surface area contributed by atoms with E-state index in [1.165, 1.54) is 0 Å². The molecule has 0 aliphatic carbocycles. The van der Waals surface area contributed by atoms with Crippen LogP contribution < -0.4 is 10.5 Å². The van der Waals surface area contributed by atoms with Gasteiger partial charge >= 0.3 is 5.97 Å². The Morgan fingerprint density at radius 3 is 2.70 bits per heavy atom. The third-order valence-electron chi connectivity index (χ3n) is 4.05. The molecule has 1 aromatic carbocycles. The van der Waals surface area contributed by atoms with Gasteiger partial charge in [0.2, 0.25) is 0 Å². The van der Waals surface area contributed by atoms with Gasteiger partial charge in [-0.1, -0.05) is 22.0 Å². The van der Waals surface area contributed by atoms with Crippen LogP contribution in [-0.4, -0.2) is 33.7 Å². The lowest BCUT2D eigenvalue weighted by Gasteiger charge is -2.30. The molecule has 0 atom stereocenters. The summed E-state index contributed by atoms with van der Waals surface area (Å²) >= 11 is 3.40. The fourth-order valence-corrected chi connectivity index (χ4v) is 3.17. The van der Waals surface area contributed by atoms with Crippen LogP contribution in [0.15, 0.2) is 45.9 Å². The van der Waals surface area contributed by atoms with E-state index in [4.69, 9.17) is 5.11 Å². The Morgan fingerprint density at radius 1 is 1.30 bits per heavy atom. The van der Waals surface area contributed by atoms with Gasteiger partial charge < -0.3 is 10.0 Å². The highest BCUT2D eigenvalue weighted by Gasteiger charge is 2.26. The van der Waals surface area contributed by atoms with Crippen molar-refractivity contribution < 1.29 is 9.90 Å². The zero-order valence-corrected chi connectivity index (χ0v) is 13.9. The number of carboxylic acids is 1. The van der Waals surface area contributed by atoms with Crippen molar-refractivity contribution in [2.24, 2.45) is 5.92 Å². The van der Waals surface area contributed by atoms with Crippen molar-refractivity contribution in [1.82, 2.24) is 9.55 Å². The summed E-state index contributed by atoms with van der Waals surface area (Å²) in [6.45, 7) is 1.06. The molecule has 2 aromatic rings. The molecular formula is C16H16BrN3O3. The van der Waals surface area contributed by atoms with Gasteiger partial charge in [0.15, 0.2) is 5.82 Å². The third kappa shape index (κ3) is 3.29. The Kier molecular flexibility index (Phi) is 4.47. The number of aliphatic carboxylic acids is 1. The van der Waals surface area contributed by atoms with Crippen LogP contribution in [0.4, 0.5) is 5.82 Å². The summed E-state index contributed by atoms with van der Waals surface area (Å²) in [7, 11) is 0. The molecule has 7 heteroatoms. The third-order valence-corrected chi connectivity index (χ3v) is 4.55. The van der Waals surface area contributed by atoms with Gasteiger partial charge in [0.05, 0.1) is 5.92 Å². The van der Waals surface area contributed by atoms with E-state index in [2.05, 4.69) is 20.9 Å². The quantitative estimate of drug-likeness (QED) is 0.887. The maximum absolute atomic E-state index is 12.7. The van der Waals surface area contributed by atoms with Gasteiger partial charge in [-0.2, -0.15) is 0 Å². The first-order valence-corrected chi connectivity index (χ1v) is 8.17. The van der Waals surface area contributed by atoms with E-state index in [-0.39, 0.29) is 11.5 Å². The van der Waals surface area contributed by atoms with Gasteiger partial charge in [0.1, 0.15) is 0 Å². The van der Waals surface area contributed by atoms with Crippen LogP contribution in [-0.2, 0) is 4.79 Å². The molecule has 2 heterocycles. The van der Waals surface area contributed by atoms with Crippen molar-refractivity contribution in [2.75, 3.05) is 18.0 Å². The van der Waals surface area contributed by atoms with E-state index < -0.39 is 5.97 Å². The molecule has 0 unspecified atom stereocenters. The summed E-state index contributed by atoms with van der Waals surface area (Å²) in [6.07, 6.45) is 4.29. The molecule has 6 nitrogen and oxygen atoms in total. The fraction of sp³-hybridized carbons (Fsp3) is 0.312. The molecule has 0 bridgehead atoms. The van der Waals surface area contributed by atoms with Gasteiger partial charge in [0, 0.05) is 35.6 Å². The number of carboxylic acid groups (broad SMARTS) is 1. The van der Waals surface area contributed by atoms with Crippen molar-refractivity contribution in [3.05, 3.63) is 51.5 Å². The number of rotatable bonds is 3. The number of aromatic nitrogens is 2. The van der Waals surface area contributed by atoms with Crippen LogP contribution in [0, 0.1) is 5.92 Å². The van der Waals surface area contributed by atoms with E-state index in [1.807, 2.05) is 29.2 Å².